The third-order valence-electron chi connectivity index (χ3n) is 4.77. The first-order valence-electron chi connectivity index (χ1n) is 9.94. The number of benzene rings is 3. The van der Waals surface area contributed by atoms with Crippen LogP contribution in [0.3, 0.4) is 0 Å². The highest BCUT2D eigenvalue weighted by molar-refractivity contribution is 5.80. The van der Waals surface area contributed by atoms with Gasteiger partial charge in [0.15, 0.2) is 0 Å². The molecule has 5 heteroatoms. The molecule has 2 N–H and O–H groups in total. The van der Waals surface area contributed by atoms with Gasteiger partial charge < -0.3 is 15.4 Å². The van der Waals surface area contributed by atoms with Crippen molar-refractivity contribution < 1.29 is 14.3 Å². The molecular weight excluding hydrogens is 376 g/mol. The van der Waals surface area contributed by atoms with Crippen molar-refractivity contribution in [2.75, 3.05) is 13.7 Å². The zero-order valence-electron chi connectivity index (χ0n) is 17.0. The third-order valence-corrected chi connectivity index (χ3v) is 4.77. The maximum atomic E-state index is 12.6. The second kappa shape index (κ2) is 10.8. The van der Waals surface area contributed by atoms with Crippen molar-refractivity contribution in [2.45, 2.75) is 18.9 Å². The molecule has 1 atom stereocenters. The highest BCUT2D eigenvalue weighted by atomic mass is 16.5. The van der Waals surface area contributed by atoms with Gasteiger partial charge in [-0.3, -0.25) is 9.59 Å². The van der Waals surface area contributed by atoms with Gasteiger partial charge in [-0.2, -0.15) is 0 Å². The Kier molecular flexibility index (Phi) is 7.61. The van der Waals surface area contributed by atoms with E-state index in [-0.39, 0.29) is 24.3 Å². The Labute approximate surface area is 177 Å². The van der Waals surface area contributed by atoms with Crippen LogP contribution < -0.4 is 15.4 Å². The molecule has 2 amide bonds. The number of rotatable bonds is 9. The molecule has 0 spiro atoms. The van der Waals surface area contributed by atoms with Gasteiger partial charge in [-0.05, 0) is 28.8 Å². The summed E-state index contributed by atoms with van der Waals surface area (Å²) in [6, 6.07) is 26.7. The van der Waals surface area contributed by atoms with Crippen LogP contribution in [0.4, 0.5) is 0 Å². The summed E-state index contributed by atoms with van der Waals surface area (Å²) in [5, 5.41) is 5.89. The summed E-state index contributed by atoms with van der Waals surface area (Å²) in [5.74, 6) is 0.543. The molecule has 0 aliphatic heterocycles. The maximum absolute atomic E-state index is 12.6. The lowest BCUT2D eigenvalue weighted by molar-refractivity contribution is -0.122. The molecule has 0 aromatic heterocycles. The lowest BCUT2D eigenvalue weighted by Gasteiger charge is -2.20. The minimum Gasteiger partial charge on any atom is -0.497 e. The first-order chi connectivity index (χ1) is 14.7. The molecule has 0 heterocycles. The third kappa shape index (κ3) is 6.21. The molecule has 0 saturated heterocycles. The second-order valence-electron chi connectivity index (χ2n) is 6.95. The van der Waals surface area contributed by atoms with E-state index in [4.69, 9.17) is 4.74 Å². The quantitative estimate of drug-likeness (QED) is 0.574. The fourth-order valence-electron chi connectivity index (χ4n) is 3.19. The molecule has 3 aromatic carbocycles. The van der Waals surface area contributed by atoms with Gasteiger partial charge in [0.25, 0.3) is 0 Å². The van der Waals surface area contributed by atoms with Crippen LogP contribution in [0.2, 0.25) is 0 Å². The van der Waals surface area contributed by atoms with Gasteiger partial charge in [-0.1, -0.05) is 72.8 Å². The molecule has 154 valence electrons. The molecule has 1 unspecified atom stereocenters. The van der Waals surface area contributed by atoms with Crippen LogP contribution in [0.15, 0.2) is 84.9 Å². The maximum Gasteiger partial charge on any atom is 0.224 e. The summed E-state index contributed by atoms with van der Waals surface area (Å²) in [6.07, 6.45) is 0.515. The molecule has 0 aliphatic carbocycles. The highest BCUT2D eigenvalue weighted by Gasteiger charge is 2.17. The Morgan fingerprint density at radius 3 is 2.03 bits per heavy atom. The van der Waals surface area contributed by atoms with E-state index in [9.17, 15) is 9.59 Å². The van der Waals surface area contributed by atoms with Crippen LogP contribution in [0, 0.1) is 0 Å². The molecular formula is C25H26N2O3. The lowest BCUT2D eigenvalue weighted by Crippen LogP contribution is -2.33. The van der Waals surface area contributed by atoms with Crippen molar-refractivity contribution in [1.29, 1.82) is 0 Å². The fraction of sp³-hybridized carbons (Fsp3) is 0.200. The minimum absolute atomic E-state index is 0.0937. The summed E-state index contributed by atoms with van der Waals surface area (Å²) in [4.78, 5) is 24.6. The molecule has 5 nitrogen and oxygen atoms in total. The molecule has 30 heavy (non-hydrogen) atoms. The Bertz CT molecular complexity index is 941. The van der Waals surface area contributed by atoms with Gasteiger partial charge in [-0.15, -0.1) is 0 Å². The van der Waals surface area contributed by atoms with Crippen LogP contribution in [-0.2, 0) is 16.0 Å². The van der Waals surface area contributed by atoms with Gasteiger partial charge in [0.1, 0.15) is 5.75 Å². The summed E-state index contributed by atoms with van der Waals surface area (Å²) in [6.45, 7) is 0.293. The zero-order chi connectivity index (χ0) is 21.2. The Morgan fingerprint density at radius 2 is 1.40 bits per heavy atom. The van der Waals surface area contributed by atoms with Crippen molar-refractivity contribution in [1.82, 2.24) is 10.6 Å². The highest BCUT2D eigenvalue weighted by Crippen LogP contribution is 2.24. The van der Waals surface area contributed by atoms with Crippen molar-refractivity contribution in [3.63, 3.8) is 0 Å². The number of amides is 2. The van der Waals surface area contributed by atoms with Gasteiger partial charge in [0.05, 0.1) is 19.6 Å². The first-order valence-corrected chi connectivity index (χ1v) is 9.94. The van der Waals surface area contributed by atoms with Gasteiger partial charge >= 0.3 is 0 Å². The summed E-state index contributed by atoms with van der Waals surface area (Å²) in [7, 11) is 1.62. The number of hydrogen-bond acceptors (Lipinski definition) is 3. The van der Waals surface area contributed by atoms with E-state index in [2.05, 4.69) is 10.6 Å². The molecule has 0 saturated carbocycles. The number of nitrogens with one attached hydrogen (secondary N) is 2. The van der Waals surface area contributed by atoms with Gasteiger partial charge in [0.2, 0.25) is 11.8 Å². The van der Waals surface area contributed by atoms with Crippen LogP contribution in [0.25, 0.3) is 0 Å². The smallest absolute Gasteiger partial charge is 0.224 e. The Hall–Kier alpha value is -3.60. The first kappa shape index (κ1) is 21.1. The van der Waals surface area contributed by atoms with Crippen LogP contribution in [0.5, 0.6) is 5.75 Å². The Balaban J connectivity index is 1.57. The van der Waals surface area contributed by atoms with Gasteiger partial charge in [-0.25, -0.2) is 0 Å². The molecule has 0 aliphatic rings. The van der Waals surface area contributed by atoms with Crippen molar-refractivity contribution >= 4 is 11.8 Å². The Morgan fingerprint density at radius 1 is 0.800 bits per heavy atom. The van der Waals surface area contributed by atoms with E-state index in [1.54, 1.807) is 7.11 Å². The summed E-state index contributed by atoms with van der Waals surface area (Å²) >= 11 is 0. The predicted molar refractivity (Wildman–Crippen MR) is 117 cm³/mol. The van der Waals surface area contributed by atoms with E-state index in [0.717, 1.165) is 22.4 Å². The normalized spacial score (nSPS) is 11.4. The topological polar surface area (TPSA) is 67.4 Å². The SMILES string of the molecule is COc1ccc(C(NC(=O)CCNC(=O)Cc2ccccc2)c2ccccc2)cc1. The number of hydrogen-bond donors (Lipinski definition) is 2. The fourth-order valence-corrected chi connectivity index (χ4v) is 3.19. The average molecular weight is 402 g/mol. The largest absolute Gasteiger partial charge is 0.497 e. The van der Waals surface area contributed by atoms with Crippen molar-refractivity contribution in [3.8, 4) is 5.75 Å². The lowest BCUT2D eigenvalue weighted by atomic mass is 9.98. The standard InChI is InChI=1S/C25H26N2O3/c1-30-22-14-12-21(13-15-22)25(20-10-6-3-7-11-20)27-23(28)16-17-26-24(29)18-19-8-4-2-5-9-19/h2-15,25H,16-18H2,1H3,(H,26,29)(H,27,28). The van der Waals surface area contributed by atoms with E-state index < -0.39 is 0 Å². The predicted octanol–water partition coefficient (Wildman–Crippen LogP) is 3.65. The summed E-state index contributed by atoms with van der Waals surface area (Å²) < 4.78 is 5.23. The van der Waals surface area contributed by atoms with Crippen LogP contribution in [-0.4, -0.2) is 25.5 Å². The molecule has 0 bridgehead atoms. The molecule has 3 aromatic rings. The van der Waals surface area contributed by atoms with E-state index >= 15 is 0 Å². The van der Waals surface area contributed by atoms with Crippen LogP contribution >= 0.6 is 0 Å². The monoisotopic (exact) mass is 402 g/mol. The van der Waals surface area contributed by atoms with E-state index in [1.165, 1.54) is 0 Å². The molecule has 3 rings (SSSR count). The van der Waals surface area contributed by atoms with Crippen molar-refractivity contribution in [2.24, 2.45) is 0 Å². The average Bonchev–Trinajstić information content (AvgIpc) is 2.79. The summed E-state index contributed by atoms with van der Waals surface area (Å²) in [5.41, 5.74) is 2.90. The van der Waals surface area contributed by atoms with Crippen molar-refractivity contribution in [3.05, 3.63) is 102 Å². The zero-order valence-corrected chi connectivity index (χ0v) is 17.0. The number of carbonyl (C=O) groups is 2. The molecule has 0 fully saturated rings. The minimum atomic E-state index is -0.273. The van der Waals surface area contributed by atoms with Gasteiger partial charge in [0, 0.05) is 13.0 Å². The number of methoxy groups -OCH3 is 1. The van der Waals surface area contributed by atoms with Crippen LogP contribution in [0.1, 0.15) is 29.2 Å². The number of carbonyl (C=O) groups excluding carboxylic acids is 2. The second-order valence-corrected chi connectivity index (χ2v) is 6.95. The van der Waals surface area contributed by atoms with E-state index in [1.807, 2.05) is 84.9 Å². The van der Waals surface area contributed by atoms with E-state index in [0.29, 0.717) is 13.0 Å². The molecule has 0 radical (unpaired) electrons. The number of ether oxygens (including phenoxy) is 1.